The van der Waals surface area contributed by atoms with E-state index >= 15 is 0 Å². The van der Waals surface area contributed by atoms with Crippen molar-refractivity contribution in [1.29, 1.82) is 0 Å². The van der Waals surface area contributed by atoms with Crippen molar-refractivity contribution in [3.8, 4) is 0 Å². The van der Waals surface area contributed by atoms with E-state index in [1.165, 1.54) is 12.8 Å². The first-order valence-corrected chi connectivity index (χ1v) is 12.2. The van der Waals surface area contributed by atoms with Crippen molar-refractivity contribution in [2.75, 3.05) is 45.9 Å². The summed E-state index contributed by atoms with van der Waals surface area (Å²) in [5, 5.41) is 5.87. The molecule has 0 aromatic heterocycles. The van der Waals surface area contributed by atoms with Gasteiger partial charge in [-0.1, -0.05) is 37.8 Å². The van der Waals surface area contributed by atoms with Gasteiger partial charge in [-0.25, -0.2) is 9.79 Å². The van der Waals surface area contributed by atoms with Crippen LogP contribution in [0.25, 0.3) is 0 Å². The van der Waals surface area contributed by atoms with Crippen molar-refractivity contribution in [1.82, 2.24) is 15.5 Å². The minimum Gasteiger partial charge on any atom is -0.381 e. The Bertz CT molecular complexity index is 579. The number of amides is 2. The van der Waals surface area contributed by atoms with Crippen LogP contribution in [0.5, 0.6) is 0 Å². The second-order valence-electron chi connectivity index (χ2n) is 8.05. The van der Waals surface area contributed by atoms with Crippen molar-refractivity contribution in [2.45, 2.75) is 71.1 Å². The number of hydrogen-bond donors (Lipinski definition) is 4. The Morgan fingerprint density at radius 3 is 2.72 bits per heavy atom. The van der Waals surface area contributed by atoms with E-state index in [1.807, 2.05) is 24.0 Å². The van der Waals surface area contributed by atoms with Gasteiger partial charge in [0.05, 0.1) is 6.54 Å². The first kappa shape index (κ1) is 27.7. The number of carbonyl (C=O) groups excluding carboxylic acids is 1. The number of rotatable bonds is 11. The molecule has 1 rings (SSSR count). The van der Waals surface area contributed by atoms with Gasteiger partial charge in [-0.05, 0) is 45.4 Å². The highest BCUT2D eigenvalue weighted by Gasteiger charge is 2.14. The summed E-state index contributed by atoms with van der Waals surface area (Å²) in [6.45, 7) is 6.96. The van der Waals surface area contributed by atoms with Crippen LogP contribution in [0.1, 0.15) is 71.1 Å². The molecule has 0 radical (unpaired) electrons. The first-order valence-electron chi connectivity index (χ1n) is 12.2. The maximum absolute atomic E-state index is 12.6. The van der Waals surface area contributed by atoms with Crippen molar-refractivity contribution in [3.05, 3.63) is 12.2 Å². The summed E-state index contributed by atoms with van der Waals surface area (Å²) in [5.41, 5.74) is 11.7. The van der Waals surface area contributed by atoms with Crippen LogP contribution < -0.4 is 22.1 Å². The summed E-state index contributed by atoms with van der Waals surface area (Å²) < 4.78 is 5.59. The van der Waals surface area contributed by atoms with Crippen LogP contribution in [0.2, 0.25) is 0 Å². The van der Waals surface area contributed by atoms with Gasteiger partial charge in [-0.15, -0.1) is 0 Å². The molecule has 0 saturated heterocycles. The molecule has 1 aliphatic heterocycles. The summed E-state index contributed by atoms with van der Waals surface area (Å²) in [4.78, 5) is 22.9. The van der Waals surface area contributed by atoms with E-state index in [2.05, 4.69) is 20.6 Å². The number of unbranched alkanes of at least 4 members (excludes halogenated alkanes) is 5. The molecule has 0 bridgehead atoms. The molecule has 9 heteroatoms. The van der Waals surface area contributed by atoms with Gasteiger partial charge < -0.3 is 26.4 Å². The van der Waals surface area contributed by atoms with Crippen molar-refractivity contribution in [3.63, 3.8) is 0 Å². The van der Waals surface area contributed by atoms with Crippen LogP contribution >= 0.6 is 0 Å². The maximum atomic E-state index is 12.6. The number of hydrogen-bond acceptors (Lipinski definition) is 5. The fraction of sp³-hybridized carbons (Fsp3) is 0.783. The topological polar surface area (TPSA) is 130 Å². The number of allylic oxidation sites excluding steroid dienone is 1. The lowest BCUT2D eigenvalue weighted by molar-refractivity contribution is 0.128. The quantitative estimate of drug-likeness (QED) is 0.166. The first-order chi connectivity index (χ1) is 15.6. The predicted molar refractivity (Wildman–Crippen MR) is 133 cm³/mol. The molecule has 0 unspecified atom stereocenters. The predicted octanol–water partition coefficient (Wildman–Crippen LogP) is 2.72. The van der Waals surface area contributed by atoms with E-state index in [0.717, 1.165) is 77.6 Å². The van der Waals surface area contributed by atoms with Gasteiger partial charge in [0.25, 0.3) is 0 Å². The van der Waals surface area contributed by atoms with E-state index in [4.69, 9.17) is 16.2 Å². The maximum Gasteiger partial charge on any atom is 0.324 e. The number of nitrogens with zero attached hydrogens (tertiary/aromatic N) is 3. The zero-order chi connectivity index (χ0) is 23.3. The van der Waals surface area contributed by atoms with Gasteiger partial charge in [0, 0.05) is 39.4 Å². The molecule has 2 amide bonds. The number of nitrogens with one attached hydrogen (secondary N) is 2. The van der Waals surface area contributed by atoms with Crippen LogP contribution in [0.3, 0.4) is 0 Å². The lowest BCUT2D eigenvalue weighted by atomic mass is 10.1. The molecule has 0 spiro atoms. The number of urea groups is 1. The van der Waals surface area contributed by atoms with Gasteiger partial charge in [0.15, 0.2) is 11.9 Å². The summed E-state index contributed by atoms with van der Waals surface area (Å²) in [5.74, 6) is 0.704. The van der Waals surface area contributed by atoms with Gasteiger partial charge in [-0.2, -0.15) is 0 Å². The highest BCUT2D eigenvalue weighted by molar-refractivity contribution is 5.95. The van der Waals surface area contributed by atoms with E-state index in [-0.39, 0.29) is 12.0 Å². The zero-order valence-electron chi connectivity index (χ0n) is 20.0. The SMILES string of the molecule is C/C=C/CN=C(N)NCCCCCCCCN1CCCCCOCCCN=C(N)NC1=O. The number of aliphatic imine (C=N–C) groups is 2. The van der Waals surface area contributed by atoms with Gasteiger partial charge in [-0.3, -0.25) is 10.3 Å². The van der Waals surface area contributed by atoms with Crippen LogP contribution in [0.4, 0.5) is 4.79 Å². The minimum absolute atomic E-state index is 0.140. The summed E-state index contributed by atoms with van der Waals surface area (Å²) in [6, 6.07) is -0.140. The third-order valence-corrected chi connectivity index (χ3v) is 5.23. The minimum atomic E-state index is -0.140. The molecule has 0 aromatic carbocycles. The summed E-state index contributed by atoms with van der Waals surface area (Å²) in [7, 11) is 0. The largest absolute Gasteiger partial charge is 0.381 e. The Morgan fingerprint density at radius 1 is 1.16 bits per heavy atom. The average molecular weight is 452 g/mol. The Hall–Kier alpha value is -2.29. The van der Waals surface area contributed by atoms with Gasteiger partial charge in [0.1, 0.15) is 0 Å². The number of nitrogens with two attached hydrogens (primary N) is 2. The molecular weight excluding hydrogens is 406 g/mol. The Morgan fingerprint density at radius 2 is 1.91 bits per heavy atom. The molecule has 6 N–H and O–H groups in total. The Labute approximate surface area is 194 Å². The van der Waals surface area contributed by atoms with Crippen molar-refractivity contribution in [2.24, 2.45) is 21.5 Å². The lowest BCUT2D eigenvalue weighted by Gasteiger charge is -2.23. The molecule has 32 heavy (non-hydrogen) atoms. The standard InChI is InChI=1S/C23H45N7O2/c1-2-3-14-26-21(24)27-15-9-6-4-5-7-10-17-30-18-11-8-12-19-32-20-13-16-28-22(25)29-23(30)31/h2-3H,4-20H2,1H3,(H3,24,26,27)(H3,25,28,29,31)/b3-2+. The van der Waals surface area contributed by atoms with Gasteiger partial charge >= 0.3 is 6.03 Å². The van der Waals surface area contributed by atoms with E-state index in [1.54, 1.807) is 0 Å². The van der Waals surface area contributed by atoms with Crippen LogP contribution in [-0.4, -0.2) is 68.8 Å². The fourth-order valence-corrected chi connectivity index (χ4v) is 3.36. The monoisotopic (exact) mass is 451 g/mol. The van der Waals surface area contributed by atoms with Crippen LogP contribution in [-0.2, 0) is 4.74 Å². The number of guanidine groups is 2. The zero-order valence-corrected chi connectivity index (χ0v) is 20.0. The third kappa shape index (κ3) is 15.5. The number of carbonyl (C=O) groups is 1. The second kappa shape index (κ2) is 19.4. The average Bonchev–Trinajstić information content (AvgIpc) is 2.77. The highest BCUT2D eigenvalue weighted by atomic mass is 16.5. The normalized spacial score (nSPS) is 17.7. The van der Waals surface area contributed by atoms with Gasteiger partial charge in [0.2, 0.25) is 0 Å². The molecule has 0 aliphatic carbocycles. The third-order valence-electron chi connectivity index (χ3n) is 5.23. The van der Waals surface area contributed by atoms with Crippen molar-refractivity contribution >= 4 is 18.0 Å². The molecule has 0 fully saturated rings. The molecule has 0 aromatic rings. The number of ether oxygens (including phenoxy) is 1. The Balaban J connectivity index is 2.20. The lowest BCUT2D eigenvalue weighted by Crippen LogP contribution is -2.46. The second-order valence-corrected chi connectivity index (χ2v) is 8.05. The van der Waals surface area contributed by atoms with Crippen LogP contribution in [0, 0.1) is 0 Å². The van der Waals surface area contributed by atoms with E-state index in [9.17, 15) is 4.79 Å². The molecule has 9 nitrogen and oxygen atoms in total. The smallest absolute Gasteiger partial charge is 0.324 e. The van der Waals surface area contributed by atoms with Crippen molar-refractivity contribution < 1.29 is 9.53 Å². The molecule has 184 valence electrons. The fourth-order valence-electron chi connectivity index (χ4n) is 3.36. The summed E-state index contributed by atoms with van der Waals surface area (Å²) >= 11 is 0. The van der Waals surface area contributed by atoms with E-state index in [0.29, 0.717) is 25.7 Å². The Kier molecular flexibility index (Phi) is 16.8. The molecular formula is C23H45N7O2. The molecule has 1 aliphatic rings. The summed E-state index contributed by atoms with van der Waals surface area (Å²) in [6.07, 6.45) is 14.5. The molecule has 0 atom stereocenters. The van der Waals surface area contributed by atoms with E-state index < -0.39 is 0 Å². The highest BCUT2D eigenvalue weighted by Crippen LogP contribution is 2.08. The molecule has 0 saturated carbocycles. The molecule has 1 heterocycles. The van der Waals surface area contributed by atoms with Crippen LogP contribution in [0.15, 0.2) is 22.1 Å².